The summed E-state index contributed by atoms with van der Waals surface area (Å²) in [5.74, 6) is 0. The molecule has 1 fully saturated rings. The van der Waals surface area contributed by atoms with Crippen LogP contribution >= 0.6 is 11.6 Å². The van der Waals surface area contributed by atoms with Crippen molar-refractivity contribution in [2.45, 2.75) is 57.8 Å². The van der Waals surface area contributed by atoms with Crippen molar-refractivity contribution in [3.63, 3.8) is 0 Å². The molecule has 2 aliphatic rings. The molecule has 7 heteroatoms. The molecule has 2 heterocycles. The fourth-order valence-corrected chi connectivity index (χ4v) is 4.25. The third kappa shape index (κ3) is 4.70. The van der Waals surface area contributed by atoms with E-state index in [1.165, 1.54) is 11.1 Å². The summed E-state index contributed by atoms with van der Waals surface area (Å²) in [7, 11) is 0. The number of rotatable bonds is 4. The number of ether oxygens (including phenoxy) is 1. The number of carbonyl (C=O) groups excluding carboxylic acids is 1. The molecule has 1 unspecified atom stereocenters. The molecule has 1 N–H and O–H groups in total. The van der Waals surface area contributed by atoms with Crippen LogP contribution in [0, 0.1) is 0 Å². The van der Waals surface area contributed by atoms with Gasteiger partial charge in [0, 0.05) is 11.8 Å². The number of hydrogen-bond acceptors (Lipinski definition) is 4. The van der Waals surface area contributed by atoms with E-state index in [9.17, 15) is 4.79 Å². The van der Waals surface area contributed by atoms with Crippen molar-refractivity contribution < 1.29 is 9.53 Å². The lowest BCUT2D eigenvalue weighted by Gasteiger charge is -2.40. The number of benzene rings is 1. The second-order valence-corrected chi connectivity index (χ2v) is 8.42. The van der Waals surface area contributed by atoms with E-state index < -0.39 is 0 Å². The van der Waals surface area contributed by atoms with Gasteiger partial charge < -0.3 is 15.0 Å². The lowest BCUT2D eigenvalue weighted by molar-refractivity contribution is -0.0644. The Morgan fingerprint density at radius 2 is 2.10 bits per heavy atom. The number of nitrogens with zero attached hydrogens (tertiary/aromatic N) is 3. The van der Waals surface area contributed by atoms with Gasteiger partial charge in [0.05, 0.1) is 37.0 Å². The van der Waals surface area contributed by atoms with Gasteiger partial charge in [0.1, 0.15) is 0 Å². The topological polar surface area (TPSA) is 67.3 Å². The van der Waals surface area contributed by atoms with E-state index in [4.69, 9.17) is 16.3 Å². The van der Waals surface area contributed by atoms with Crippen molar-refractivity contribution in [1.82, 2.24) is 20.2 Å². The van der Waals surface area contributed by atoms with Gasteiger partial charge in [-0.1, -0.05) is 18.6 Å². The lowest BCUT2D eigenvalue weighted by atomic mass is 9.95. The quantitative estimate of drug-likeness (QED) is 0.595. The number of likely N-dealkylation sites (tertiary alicyclic amines) is 1. The predicted molar refractivity (Wildman–Crippen MR) is 113 cm³/mol. The van der Waals surface area contributed by atoms with Crippen molar-refractivity contribution in [2.24, 2.45) is 0 Å². The van der Waals surface area contributed by atoms with Gasteiger partial charge in [-0.25, -0.2) is 14.8 Å². The van der Waals surface area contributed by atoms with Crippen molar-refractivity contribution in [3.05, 3.63) is 46.9 Å². The predicted octanol–water partition coefficient (Wildman–Crippen LogP) is 4.38. The van der Waals surface area contributed by atoms with Gasteiger partial charge in [-0.15, -0.1) is 0 Å². The van der Waals surface area contributed by atoms with Crippen molar-refractivity contribution in [3.8, 4) is 11.3 Å². The summed E-state index contributed by atoms with van der Waals surface area (Å²) < 4.78 is 5.75. The number of halogens is 1. The van der Waals surface area contributed by atoms with Crippen LogP contribution in [0.15, 0.2) is 30.5 Å². The Labute approximate surface area is 176 Å². The first-order valence-corrected chi connectivity index (χ1v) is 10.7. The highest BCUT2D eigenvalue weighted by molar-refractivity contribution is 6.28. The second kappa shape index (κ2) is 8.67. The molecule has 1 aromatic heterocycles. The summed E-state index contributed by atoms with van der Waals surface area (Å²) in [5, 5.41) is 3.49. The minimum absolute atomic E-state index is 0.00175. The summed E-state index contributed by atoms with van der Waals surface area (Å²) in [6, 6.07) is 8.25. The van der Waals surface area contributed by atoms with Crippen LogP contribution in [0.1, 0.15) is 50.3 Å². The van der Waals surface area contributed by atoms with Crippen LogP contribution < -0.4 is 5.32 Å². The molecule has 0 radical (unpaired) electrons. The zero-order valence-corrected chi connectivity index (χ0v) is 17.7. The first kappa shape index (κ1) is 20.1. The Hall–Kier alpha value is -2.18. The average molecular weight is 415 g/mol. The highest BCUT2D eigenvalue weighted by Crippen LogP contribution is 2.32. The Balaban J connectivity index is 1.47. The van der Waals surface area contributed by atoms with Gasteiger partial charge in [-0.3, -0.25) is 0 Å². The van der Waals surface area contributed by atoms with Gasteiger partial charge in [0.15, 0.2) is 0 Å². The van der Waals surface area contributed by atoms with Gasteiger partial charge in [0.25, 0.3) is 0 Å². The smallest absolute Gasteiger partial charge is 0.318 e. The van der Waals surface area contributed by atoms with Gasteiger partial charge in [0.2, 0.25) is 5.28 Å². The zero-order valence-electron chi connectivity index (χ0n) is 16.9. The van der Waals surface area contributed by atoms with E-state index in [0.717, 1.165) is 36.9 Å². The standard InChI is InChI=1S/C22H27ClN4O2/c1-14(2)29-17-12-27(13-17)22(28)26-20-6-4-3-5-15-11-16(7-8-18(15)20)19-9-10-24-21(23)25-19/h7-11,14,17,20H,3-6,12-13H2,1-2H3,(H,26,28). The van der Waals surface area contributed by atoms with Crippen LogP contribution in [0.5, 0.6) is 0 Å². The molecule has 0 spiro atoms. The molecule has 1 aromatic carbocycles. The number of amides is 2. The molecular weight excluding hydrogens is 388 g/mol. The summed E-state index contributed by atoms with van der Waals surface area (Å²) in [6.07, 6.45) is 6.18. The van der Waals surface area contributed by atoms with E-state index in [2.05, 4.69) is 33.5 Å². The largest absolute Gasteiger partial charge is 0.372 e. The number of fused-ring (bicyclic) bond motifs is 1. The maximum atomic E-state index is 12.7. The monoisotopic (exact) mass is 414 g/mol. The summed E-state index contributed by atoms with van der Waals surface area (Å²) in [5.41, 5.74) is 4.31. The molecular formula is C22H27ClN4O2. The number of carbonyl (C=O) groups is 1. The maximum Gasteiger partial charge on any atom is 0.318 e. The normalized spacial score (nSPS) is 19.4. The molecule has 0 saturated carbocycles. The number of nitrogens with one attached hydrogen (secondary N) is 1. The third-order valence-electron chi connectivity index (χ3n) is 5.53. The maximum absolute atomic E-state index is 12.7. The number of hydrogen-bond donors (Lipinski definition) is 1. The van der Waals surface area contributed by atoms with Gasteiger partial charge in [-0.05, 0) is 68.0 Å². The minimum Gasteiger partial charge on any atom is -0.372 e. The molecule has 1 saturated heterocycles. The summed E-state index contributed by atoms with van der Waals surface area (Å²) >= 11 is 5.95. The average Bonchev–Trinajstić information content (AvgIpc) is 2.86. The highest BCUT2D eigenvalue weighted by atomic mass is 35.5. The number of urea groups is 1. The second-order valence-electron chi connectivity index (χ2n) is 8.08. The molecule has 29 heavy (non-hydrogen) atoms. The van der Waals surface area contributed by atoms with Crippen molar-refractivity contribution >= 4 is 17.6 Å². The van der Waals surface area contributed by atoms with Gasteiger partial charge >= 0.3 is 6.03 Å². The fraction of sp³-hybridized carbons (Fsp3) is 0.500. The fourth-order valence-electron chi connectivity index (χ4n) is 4.10. The molecule has 154 valence electrons. The zero-order chi connectivity index (χ0) is 20.4. The Kier molecular flexibility index (Phi) is 6.01. The van der Waals surface area contributed by atoms with Crippen LogP contribution in [-0.2, 0) is 11.2 Å². The minimum atomic E-state index is -0.00175. The van der Waals surface area contributed by atoms with E-state index in [-0.39, 0.29) is 29.6 Å². The first-order chi connectivity index (χ1) is 14.0. The number of aryl methyl sites for hydroxylation is 1. The molecule has 2 amide bonds. The van der Waals surface area contributed by atoms with Crippen LogP contribution in [-0.4, -0.2) is 46.2 Å². The molecule has 6 nitrogen and oxygen atoms in total. The van der Waals surface area contributed by atoms with Crippen LogP contribution in [0.2, 0.25) is 5.28 Å². The van der Waals surface area contributed by atoms with Crippen molar-refractivity contribution in [2.75, 3.05) is 13.1 Å². The SMILES string of the molecule is CC(C)OC1CN(C(=O)NC2CCCCc3cc(-c4ccnc(Cl)n4)ccc32)C1. The molecule has 0 bridgehead atoms. The summed E-state index contributed by atoms with van der Waals surface area (Å²) in [4.78, 5) is 22.8. The van der Waals surface area contributed by atoms with E-state index in [0.29, 0.717) is 13.1 Å². The van der Waals surface area contributed by atoms with Gasteiger partial charge in [-0.2, -0.15) is 0 Å². The molecule has 1 atom stereocenters. The van der Waals surface area contributed by atoms with E-state index in [1.807, 2.05) is 24.8 Å². The van der Waals surface area contributed by atoms with Crippen LogP contribution in [0.3, 0.4) is 0 Å². The highest BCUT2D eigenvalue weighted by Gasteiger charge is 2.33. The lowest BCUT2D eigenvalue weighted by Crippen LogP contribution is -2.58. The molecule has 4 rings (SSSR count). The third-order valence-corrected chi connectivity index (χ3v) is 5.71. The molecule has 1 aliphatic heterocycles. The van der Waals surface area contributed by atoms with E-state index >= 15 is 0 Å². The first-order valence-electron chi connectivity index (χ1n) is 10.3. The van der Waals surface area contributed by atoms with Crippen LogP contribution in [0.4, 0.5) is 4.79 Å². The number of aromatic nitrogens is 2. The Morgan fingerprint density at radius 3 is 2.86 bits per heavy atom. The Bertz CT molecular complexity index is 883. The molecule has 2 aromatic rings. The molecule has 1 aliphatic carbocycles. The van der Waals surface area contributed by atoms with Crippen molar-refractivity contribution in [1.29, 1.82) is 0 Å². The van der Waals surface area contributed by atoms with Crippen LogP contribution in [0.25, 0.3) is 11.3 Å². The Morgan fingerprint density at radius 1 is 1.28 bits per heavy atom. The van der Waals surface area contributed by atoms with E-state index in [1.54, 1.807) is 6.20 Å². The summed E-state index contributed by atoms with van der Waals surface area (Å²) in [6.45, 7) is 5.37.